The molecule has 0 radical (unpaired) electrons. The highest BCUT2D eigenvalue weighted by molar-refractivity contribution is 5.76. The van der Waals surface area contributed by atoms with E-state index in [1.54, 1.807) is 6.08 Å². The Bertz CT molecular complexity index is 508. The summed E-state index contributed by atoms with van der Waals surface area (Å²) in [4.78, 5) is 12.2. The largest absolute Gasteiger partial charge is 0.394 e. The summed E-state index contributed by atoms with van der Waals surface area (Å²) >= 11 is 0. The van der Waals surface area contributed by atoms with Crippen LogP contribution in [0.15, 0.2) is 12.2 Å². The zero-order chi connectivity index (χ0) is 27.9. The van der Waals surface area contributed by atoms with Gasteiger partial charge in [-0.15, -0.1) is 0 Å². The van der Waals surface area contributed by atoms with Gasteiger partial charge >= 0.3 is 0 Å². The molecule has 0 bridgehead atoms. The van der Waals surface area contributed by atoms with Crippen molar-refractivity contribution in [2.75, 3.05) is 6.61 Å². The molecule has 4 nitrogen and oxygen atoms in total. The van der Waals surface area contributed by atoms with Gasteiger partial charge in [-0.2, -0.15) is 0 Å². The summed E-state index contributed by atoms with van der Waals surface area (Å²) in [5.74, 6) is -0.0649. The second-order valence-corrected chi connectivity index (χ2v) is 11.6. The zero-order valence-corrected chi connectivity index (χ0v) is 25.7. The first-order valence-electron chi connectivity index (χ1n) is 16.9. The van der Waals surface area contributed by atoms with E-state index in [-0.39, 0.29) is 12.5 Å². The van der Waals surface area contributed by atoms with E-state index in [4.69, 9.17) is 0 Å². The first kappa shape index (κ1) is 37.1. The average molecular weight is 538 g/mol. The van der Waals surface area contributed by atoms with E-state index in [9.17, 15) is 15.0 Å². The lowest BCUT2D eigenvalue weighted by Crippen LogP contribution is -2.45. The number of carbonyl (C=O) groups is 1. The van der Waals surface area contributed by atoms with Crippen LogP contribution in [0.3, 0.4) is 0 Å². The Morgan fingerprint density at radius 1 is 0.605 bits per heavy atom. The maximum atomic E-state index is 12.2. The monoisotopic (exact) mass is 538 g/mol. The molecule has 0 aliphatic carbocycles. The van der Waals surface area contributed by atoms with Gasteiger partial charge in [-0.1, -0.05) is 167 Å². The highest BCUT2D eigenvalue weighted by Gasteiger charge is 2.17. The number of unbranched alkanes of at least 4 members (excludes halogenated alkanes) is 23. The Labute approximate surface area is 237 Å². The summed E-state index contributed by atoms with van der Waals surface area (Å²) in [6.07, 6.45) is 35.7. The van der Waals surface area contributed by atoms with Gasteiger partial charge in [-0.3, -0.25) is 4.79 Å². The molecule has 0 aliphatic heterocycles. The summed E-state index contributed by atoms with van der Waals surface area (Å²) in [5.41, 5.74) is 0. The predicted octanol–water partition coefficient (Wildman–Crippen LogP) is 9.56. The molecule has 0 saturated heterocycles. The van der Waals surface area contributed by atoms with E-state index < -0.39 is 12.1 Å². The van der Waals surface area contributed by atoms with Gasteiger partial charge in [0.1, 0.15) is 0 Å². The van der Waals surface area contributed by atoms with E-state index >= 15 is 0 Å². The van der Waals surface area contributed by atoms with E-state index in [1.165, 1.54) is 135 Å². The molecular formula is C34H67NO3. The Balaban J connectivity index is 3.63. The van der Waals surface area contributed by atoms with Gasteiger partial charge < -0.3 is 15.5 Å². The fraction of sp³-hybridized carbons (Fsp3) is 0.912. The molecule has 0 aromatic rings. The van der Waals surface area contributed by atoms with Crippen LogP contribution in [0.1, 0.15) is 181 Å². The van der Waals surface area contributed by atoms with Gasteiger partial charge in [0.05, 0.1) is 18.8 Å². The number of aliphatic hydroxyl groups excluding tert-OH is 2. The molecular weight excluding hydrogens is 470 g/mol. The van der Waals surface area contributed by atoms with Crippen LogP contribution in [-0.4, -0.2) is 34.9 Å². The lowest BCUT2D eigenvalue weighted by Gasteiger charge is -2.20. The van der Waals surface area contributed by atoms with Gasteiger partial charge in [0.15, 0.2) is 0 Å². The molecule has 0 aromatic heterocycles. The predicted molar refractivity (Wildman–Crippen MR) is 166 cm³/mol. The minimum absolute atomic E-state index is 0.0649. The normalized spacial score (nSPS) is 13.3. The first-order valence-corrected chi connectivity index (χ1v) is 16.9. The first-order chi connectivity index (χ1) is 18.7. The number of hydrogen-bond acceptors (Lipinski definition) is 3. The van der Waals surface area contributed by atoms with Crippen molar-refractivity contribution >= 4 is 5.91 Å². The van der Waals surface area contributed by atoms with E-state index in [0.717, 1.165) is 25.7 Å². The molecule has 0 aliphatic rings. The molecule has 4 heteroatoms. The van der Waals surface area contributed by atoms with Crippen molar-refractivity contribution in [3.8, 4) is 0 Å². The molecule has 0 heterocycles. The number of carbonyl (C=O) groups excluding carboxylic acids is 1. The van der Waals surface area contributed by atoms with Crippen molar-refractivity contribution in [3.05, 3.63) is 12.2 Å². The highest BCUT2D eigenvalue weighted by Crippen LogP contribution is 2.14. The lowest BCUT2D eigenvalue weighted by atomic mass is 10.0. The Morgan fingerprint density at radius 3 is 1.37 bits per heavy atom. The number of aliphatic hydroxyl groups is 2. The molecule has 2 atom stereocenters. The molecule has 226 valence electrons. The van der Waals surface area contributed by atoms with Crippen LogP contribution < -0.4 is 5.32 Å². The number of nitrogens with one attached hydrogen (secondary N) is 1. The second kappa shape index (κ2) is 30.7. The minimum atomic E-state index is -0.830. The van der Waals surface area contributed by atoms with Crippen LogP contribution in [-0.2, 0) is 4.79 Å². The van der Waals surface area contributed by atoms with Crippen LogP contribution in [0.5, 0.6) is 0 Å². The van der Waals surface area contributed by atoms with Crippen LogP contribution in [0.2, 0.25) is 0 Å². The van der Waals surface area contributed by atoms with E-state index in [2.05, 4.69) is 19.2 Å². The van der Waals surface area contributed by atoms with Crippen molar-refractivity contribution in [1.82, 2.24) is 5.32 Å². The number of rotatable bonds is 30. The molecule has 0 saturated carbocycles. The van der Waals surface area contributed by atoms with Crippen LogP contribution in [0.4, 0.5) is 0 Å². The van der Waals surface area contributed by atoms with Crippen molar-refractivity contribution < 1.29 is 15.0 Å². The maximum Gasteiger partial charge on any atom is 0.220 e. The minimum Gasteiger partial charge on any atom is -0.394 e. The van der Waals surface area contributed by atoms with Gasteiger partial charge in [0.25, 0.3) is 0 Å². The van der Waals surface area contributed by atoms with Gasteiger partial charge in [-0.25, -0.2) is 0 Å². The Hall–Kier alpha value is -0.870. The summed E-state index contributed by atoms with van der Waals surface area (Å²) in [6, 6.07) is -0.613. The molecule has 0 unspecified atom stereocenters. The Kier molecular flexibility index (Phi) is 30.0. The highest BCUT2D eigenvalue weighted by atomic mass is 16.3. The lowest BCUT2D eigenvalue weighted by molar-refractivity contribution is -0.123. The van der Waals surface area contributed by atoms with Gasteiger partial charge in [0, 0.05) is 6.42 Å². The Morgan fingerprint density at radius 2 is 0.974 bits per heavy atom. The smallest absolute Gasteiger partial charge is 0.220 e. The third-order valence-electron chi connectivity index (χ3n) is 7.77. The van der Waals surface area contributed by atoms with Crippen molar-refractivity contribution in [1.29, 1.82) is 0 Å². The van der Waals surface area contributed by atoms with Gasteiger partial charge in [-0.05, 0) is 19.3 Å². The quantitative estimate of drug-likeness (QED) is 0.0631. The van der Waals surface area contributed by atoms with Crippen LogP contribution >= 0.6 is 0 Å². The average Bonchev–Trinajstić information content (AvgIpc) is 2.92. The number of amides is 1. The third kappa shape index (κ3) is 26.7. The van der Waals surface area contributed by atoms with Gasteiger partial charge in [0.2, 0.25) is 5.91 Å². The van der Waals surface area contributed by atoms with Crippen molar-refractivity contribution in [3.63, 3.8) is 0 Å². The topological polar surface area (TPSA) is 69.6 Å². The standard InChI is InChI=1S/C34H67NO3/c1-3-5-7-9-11-13-15-17-19-21-23-25-27-29-33(37)32(31-36)35-34(38)30-28-26-24-22-20-18-16-14-12-10-8-6-4-2/h27,29,32-33,36-37H,3-26,28,30-31H2,1-2H3,(H,35,38)/b29-27-/t32-,33+/m0/s1. The summed E-state index contributed by atoms with van der Waals surface area (Å²) in [5, 5.41) is 22.8. The summed E-state index contributed by atoms with van der Waals surface area (Å²) < 4.78 is 0. The number of allylic oxidation sites excluding steroid dienone is 1. The molecule has 3 N–H and O–H groups in total. The fourth-order valence-corrected chi connectivity index (χ4v) is 5.12. The molecule has 0 spiro atoms. The second-order valence-electron chi connectivity index (χ2n) is 11.6. The summed E-state index contributed by atoms with van der Waals surface area (Å²) in [7, 11) is 0. The molecule has 1 amide bonds. The molecule has 38 heavy (non-hydrogen) atoms. The van der Waals surface area contributed by atoms with Crippen LogP contribution in [0.25, 0.3) is 0 Å². The SMILES string of the molecule is CCCCCCCCCCCCC/C=C\[C@@H](O)[C@H](CO)NC(=O)CCCCCCCCCCCCCCC. The maximum absolute atomic E-state index is 12.2. The number of hydrogen-bond donors (Lipinski definition) is 3. The van der Waals surface area contributed by atoms with E-state index in [0.29, 0.717) is 6.42 Å². The zero-order valence-electron chi connectivity index (χ0n) is 25.7. The molecule has 0 aromatic carbocycles. The van der Waals surface area contributed by atoms with Crippen molar-refractivity contribution in [2.24, 2.45) is 0 Å². The van der Waals surface area contributed by atoms with E-state index in [1.807, 2.05) is 6.08 Å². The van der Waals surface area contributed by atoms with Crippen molar-refractivity contribution in [2.45, 2.75) is 193 Å². The molecule has 0 rings (SSSR count). The summed E-state index contributed by atoms with van der Waals surface area (Å²) in [6.45, 7) is 4.29. The molecule has 0 fully saturated rings. The fourth-order valence-electron chi connectivity index (χ4n) is 5.12. The third-order valence-corrected chi connectivity index (χ3v) is 7.77. The van der Waals surface area contributed by atoms with Crippen LogP contribution in [0, 0.1) is 0 Å².